The van der Waals surface area contributed by atoms with Crippen molar-refractivity contribution in [2.75, 3.05) is 44.2 Å². The van der Waals surface area contributed by atoms with Crippen LogP contribution >= 0.6 is 0 Å². The molecule has 0 bridgehead atoms. The molecule has 0 unspecified atom stereocenters. The quantitative estimate of drug-likeness (QED) is 0.528. The van der Waals surface area contributed by atoms with E-state index >= 15 is 0 Å². The lowest BCUT2D eigenvalue weighted by Gasteiger charge is -2.51. The molecule has 0 amide bonds. The number of esters is 1. The number of carbonyl (C=O) groups is 1. The minimum absolute atomic E-state index is 0.0374. The van der Waals surface area contributed by atoms with Crippen molar-refractivity contribution in [2.45, 2.75) is 64.6 Å². The summed E-state index contributed by atoms with van der Waals surface area (Å²) in [5.41, 5.74) is 4.44. The number of anilines is 1. The lowest BCUT2D eigenvalue weighted by Crippen LogP contribution is -2.52. The van der Waals surface area contributed by atoms with E-state index in [9.17, 15) is 4.79 Å². The van der Waals surface area contributed by atoms with E-state index in [0.29, 0.717) is 11.8 Å². The lowest BCUT2D eigenvalue weighted by atomic mass is 9.53. The van der Waals surface area contributed by atoms with Crippen LogP contribution in [-0.2, 0) is 14.3 Å². The Balaban J connectivity index is 1.11. The van der Waals surface area contributed by atoms with Crippen LogP contribution in [0, 0.1) is 37.0 Å². The average Bonchev–Trinajstić information content (AvgIpc) is 3.47. The van der Waals surface area contributed by atoms with Gasteiger partial charge < -0.3 is 14.4 Å². The molecule has 0 radical (unpaired) electrons. The van der Waals surface area contributed by atoms with E-state index in [1.165, 1.54) is 36.1 Å². The summed E-state index contributed by atoms with van der Waals surface area (Å²) in [7, 11) is 0. The number of hydrogen-bond donors (Lipinski definition) is 0. The molecule has 2 saturated carbocycles. The molecule has 3 aliphatic heterocycles. The van der Waals surface area contributed by atoms with Crippen LogP contribution in [0.3, 0.4) is 0 Å². The molecule has 174 valence electrons. The normalized spacial score (nSPS) is 41.3. The fourth-order valence-corrected chi connectivity index (χ4v) is 7.55. The van der Waals surface area contributed by atoms with Gasteiger partial charge in [0.25, 0.3) is 0 Å². The monoisotopic (exact) mass is 438 g/mol. The van der Waals surface area contributed by atoms with E-state index in [2.05, 4.69) is 48.8 Å². The average molecular weight is 439 g/mol. The van der Waals surface area contributed by atoms with Gasteiger partial charge in [0.05, 0.1) is 18.1 Å². The molecule has 5 nitrogen and oxygen atoms in total. The first-order chi connectivity index (χ1) is 15.4. The van der Waals surface area contributed by atoms with Crippen molar-refractivity contribution >= 4 is 11.7 Å². The van der Waals surface area contributed by atoms with Crippen LogP contribution < -0.4 is 4.90 Å². The van der Waals surface area contributed by atoms with Gasteiger partial charge in [0.15, 0.2) is 0 Å². The summed E-state index contributed by atoms with van der Waals surface area (Å²) in [5.74, 6) is 1.07. The van der Waals surface area contributed by atoms with Crippen LogP contribution in [0.25, 0.3) is 0 Å². The largest absolute Gasteiger partial charge is 0.462 e. The molecule has 6 rings (SSSR count). The Labute approximate surface area is 192 Å². The minimum Gasteiger partial charge on any atom is -0.462 e. The smallest absolute Gasteiger partial charge is 0.310 e. The number of carbonyl (C=O) groups excluding carboxylic acids is 1. The fourth-order valence-electron chi connectivity index (χ4n) is 7.55. The second kappa shape index (κ2) is 7.46. The van der Waals surface area contributed by atoms with Crippen LogP contribution in [0.4, 0.5) is 5.69 Å². The highest BCUT2D eigenvalue weighted by atomic mass is 16.6. The number of epoxide rings is 1. The summed E-state index contributed by atoms with van der Waals surface area (Å²) in [5, 5.41) is 0. The highest BCUT2D eigenvalue weighted by Crippen LogP contribution is 2.62. The van der Waals surface area contributed by atoms with Crippen molar-refractivity contribution in [1.29, 1.82) is 0 Å². The molecule has 32 heavy (non-hydrogen) atoms. The second-order valence-electron chi connectivity index (χ2n) is 11.7. The van der Waals surface area contributed by atoms with Crippen molar-refractivity contribution < 1.29 is 14.3 Å². The fraction of sp³-hybridized carbons (Fsp3) is 0.741. The Hall–Kier alpha value is -1.59. The summed E-state index contributed by atoms with van der Waals surface area (Å²) >= 11 is 0. The highest BCUT2D eigenvalue weighted by Gasteiger charge is 2.65. The van der Waals surface area contributed by atoms with E-state index in [0.717, 1.165) is 52.2 Å². The minimum atomic E-state index is 0.0374. The van der Waals surface area contributed by atoms with E-state index in [-0.39, 0.29) is 29.0 Å². The summed E-state index contributed by atoms with van der Waals surface area (Å²) in [4.78, 5) is 18.0. The van der Waals surface area contributed by atoms with Crippen LogP contribution in [0.5, 0.6) is 0 Å². The van der Waals surface area contributed by atoms with Crippen molar-refractivity contribution in [2.24, 2.45) is 23.2 Å². The van der Waals surface area contributed by atoms with Crippen LogP contribution in [-0.4, -0.2) is 61.9 Å². The van der Waals surface area contributed by atoms with Crippen molar-refractivity contribution in [3.63, 3.8) is 0 Å². The van der Waals surface area contributed by atoms with Gasteiger partial charge in [-0.1, -0.05) is 13.0 Å². The first kappa shape index (κ1) is 21.0. The molecule has 0 aromatic heterocycles. The van der Waals surface area contributed by atoms with Gasteiger partial charge in [-0.2, -0.15) is 0 Å². The lowest BCUT2D eigenvalue weighted by molar-refractivity contribution is -0.147. The molecule has 1 aromatic carbocycles. The van der Waals surface area contributed by atoms with E-state index in [4.69, 9.17) is 9.47 Å². The van der Waals surface area contributed by atoms with Gasteiger partial charge in [-0.3, -0.25) is 9.69 Å². The van der Waals surface area contributed by atoms with Gasteiger partial charge in [-0.15, -0.1) is 0 Å². The van der Waals surface area contributed by atoms with E-state index in [1.807, 2.05) is 0 Å². The number of nitrogens with zero attached hydrogens (tertiary/aromatic N) is 2. The third kappa shape index (κ3) is 3.38. The van der Waals surface area contributed by atoms with E-state index < -0.39 is 0 Å². The Kier molecular flexibility index (Phi) is 4.89. The maximum absolute atomic E-state index is 13.0. The van der Waals surface area contributed by atoms with E-state index in [1.54, 1.807) is 0 Å². The van der Waals surface area contributed by atoms with Crippen molar-refractivity contribution in [1.82, 2.24) is 4.90 Å². The molecule has 3 heterocycles. The standard InChI is InChI=1S/C27H38N2O3/c1-18-5-6-20(13-19(18)2)29-11-9-28(10-12-29)16-22-21-14-24-26(3,15-23(21)32-25(22)30)7-4-8-27(24)17-31-27/h5-6,13,21-24H,4,7-12,14-17H2,1-3H3/t21-,22+,23-,24+,26-,27-/m1/s1. The summed E-state index contributed by atoms with van der Waals surface area (Å²) in [6.45, 7) is 12.7. The number of benzene rings is 1. The Morgan fingerprint density at radius 1 is 1.09 bits per heavy atom. The second-order valence-corrected chi connectivity index (χ2v) is 11.7. The van der Waals surface area contributed by atoms with Crippen LogP contribution in [0.15, 0.2) is 18.2 Å². The molecule has 2 aliphatic carbocycles. The number of ether oxygens (including phenoxy) is 2. The van der Waals surface area contributed by atoms with Gasteiger partial charge in [0, 0.05) is 44.3 Å². The molecule has 1 aromatic rings. The van der Waals surface area contributed by atoms with Crippen molar-refractivity contribution in [3.8, 4) is 0 Å². The molecule has 5 fully saturated rings. The van der Waals surface area contributed by atoms with Gasteiger partial charge in [-0.05, 0) is 80.5 Å². The summed E-state index contributed by atoms with van der Waals surface area (Å²) < 4.78 is 12.1. The Morgan fingerprint density at radius 2 is 1.88 bits per heavy atom. The van der Waals surface area contributed by atoms with Gasteiger partial charge >= 0.3 is 5.97 Å². The summed E-state index contributed by atoms with van der Waals surface area (Å²) in [6.07, 6.45) is 6.00. The molecule has 3 saturated heterocycles. The molecule has 5 aliphatic rings. The van der Waals surface area contributed by atoms with Gasteiger partial charge in [-0.25, -0.2) is 0 Å². The molecule has 6 atom stereocenters. The SMILES string of the molecule is Cc1ccc(N2CCN(C[C@@H]3C(=O)O[C@@H]4C[C@@]5(C)CCC[C@@]6(CO6)[C@H]5C[C@H]34)CC2)cc1C. The van der Waals surface area contributed by atoms with Crippen LogP contribution in [0.2, 0.25) is 0 Å². The Bertz CT molecular complexity index is 904. The number of piperazine rings is 1. The number of fused-ring (bicyclic) bond motifs is 3. The zero-order valence-corrected chi connectivity index (χ0v) is 19.9. The predicted molar refractivity (Wildman–Crippen MR) is 125 cm³/mol. The molecular weight excluding hydrogens is 400 g/mol. The summed E-state index contributed by atoms with van der Waals surface area (Å²) in [6, 6.07) is 6.78. The van der Waals surface area contributed by atoms with Crippen molar-refractivity contribution in [3.05, 3.63) is 29.3 Å². The molecule has 0 N–H and O–H groups in total. The maximum Gasteiger partial charge on any atom is 0.310 e. The third-order valence-electron chi connectivity index (χ3n) is 9.76. The molecular formula is C27H38N2O3. The number of hydrogen-bond acceptors (Lipinski definition) is 5. The zero-order chi connectivity index (χ0) is 22.1. The number of rotatable bonds is 3. The first-order valence-corrected chi connectivity index (χ1v) is 12.8. The topological polar surface area (TPSA) is 45.3 Å². The third-order valence-corrected chi connectivity index (χ3v) is 9.76. The van der Waals surface area contributed by atoms with Gasteiger partial charge in [0.1, 0.15) is 6.10 Å². The maximum atomic E-state index is 13.0. The van der Waals surface area contributed by atoms with Gasteiger partial charge in [0.2, 0.25) is 0 Å². The highest BCUT2D eigenvalue weighted by molar-refractivity contribution is 5.75. The first-order valence-electron chi connectivity index (χ1n) is 12.8. The number of aryl methyl sites for hydroxylation is 2. The predicted octanol–water partition coefficient (Wildman–Crippen LogP) is 3.95. The molecule has 5 heteroatoms. The van der Waals surface area contributed by atoms with Crippen LogP contribution in [0.1, 0.15) is 50.2 Å². The molecule has 1 spiro atoms. The Morgan fingerprint density at radius 3 is 2.59 bits per heavy atom. The zero-order valence-electron chi connectivity index (χ0n) is 19.9.